The molecule has 9 heteroatoms. The number of aryl methyl sites for hydroxylation is 1. The van der Waals surface area contributed by atoms with Crippen molar-refractivity contribution < 1.29 is 13.2 Å². The molecule has 0 fully saturated rings. The molecule has 5 rings (SSSR count). The van der Waals surface area contributed by atoms with E-state index in [9.17, 15) is 13.2 Å². The van der Waals surface area contributed by atoms with Crippen molar-refractivity contribution in [3.8, 4) is 0 Å². The highest BCUT2D eigenvalue weighted by molar-refractivity contribution is 7.92. The molecule has 0 saturated carbocycles. The van der Waals surface area contributed by atoms with Crippen LogP contribution in [0.3, 0.4) is 0 Å². The van der Waals surface area contributed by atoms with Gasteiger partial charge in [0.05, 0.1) is 4.90 Å². The molecule has 2 heterocycles. The summed E-state index contributed by atoms with van der Waals surface area (Å²) < 4.78 is 30.4. The molecule has 0 aliphatic carbocycles. The third-order valence-corrected chi connectivity index (χ3v) is 7.98. The molecule has 7 nitrogen and oxygen atoms in total. The molecule has 198 valence electrons. The van der Waals surface area contributed by atoms with E-state index in [4.69, 9.17) is 11.6 Å². The summed E-state index contributed by atoms with van der Waals surface area (Å²) in [4.78, 5) is 17.8. The van der Waals surface area contributed by atoms with E-state index in [0.29, 0.717) is 35.9 Å². The summed E-state index contributed by atoms with van der Waals surface area (Å²) in [6, 6.07) is 26.9. The van der Waals surface area contributed by atoms with Crippen LogP contribution in [0.15, 0.2) is 102 Å². The highest BCUT2D eigenvalue weighted by Crippen LogP contribution is 2.27. The number of aromatic nitrogens is 2. The first-order valence-corrected chi connectivity index (χ1v) is 14.3. The van der Waals surface area contributed by atoms with E-state index in [0.717, 1.165) is 27.7 Å². The van der Waals surface area contributed by atoms with Crippen LogP contribution in [0.4, 0.5) is 5.69 Å². The van der Waals surface area contributed by atoms with Crippen LogP contribution in [-0.2, 0) is 23.0 Å². The van der Waals surface area contributed by atoms with E-state index in [1.165, 1.54) is 24.3 Å². The number of rotatable bonds is 9. The third-order valence-electron chi connectivity index (χ3n) is 6.33. The zero-order valence-corrected chi connectivity index (χ0v) is 22.8. The molecule has 0 bridgehead atoms. The summed E-state index contributed by atoms with van der Waals surface area (Å²) in [6.07, 6.45) is 2.34. The Kier molecular flexibility index (Phi) is 7.67. The van der Waals surface area contributed by atoms with E-state index in [2.05, 4.69) is 21.1 Å². The Balaban J connectivity index is 1.45. The number of anilines is 1. The molecule has 0 aliphatic rings. The smallest absolute Gasteiger partial charge is 0.267 e. The zero-order valence-electron chi connectivity index (χ0n) is 21.3. The highest BCUT2D eigenvalue weighted by atomic mass is 35.5. The predicted molar refractivity (Wildman–Crippen MR) is 155 cm³/mol. The van der Waals surface area contributed by atoms with Gasteiger partial charge in [-0.25, -0.2) is 8.42 Å². The average molecular weight is 559 g/mol. The van der Waals surface area contributed by atoms with E-state index in [1.54, 1.807) is 24.4 Å². The third kappa shape index (κ3) is 6.30. The second-order valence-electron chi connectivity index (χ2n) is 9.26. The standard InChI is InChI=1S/C30H27ClN4O3S/c1-21-5-4-6-22(17-21)20-35-28-13-10-26(34-39(37,38)27-11-8-24(31)9-12-27)18-23(28)19-29(35)30(36)33-16-14-25-7-2-3-15-32-25/h2-13,15,17-19,34H,14,16,20H2,1H3,(H,33,36). The lowest BCUT2D eigenvalue weighted by atomic mass is 10.1. The SMILES string of the molecule is Cc1cccc(Cn2c(C(=O)NCCc3ccccn3)cc3cc(NS(=O)(=O)c4ccc(Cl)cc4)ccc32)c1. The second-order valence-corrected chi connectivity index (χ2v) is 11.4. The monoisotopic (exact) mass is 558 g/mol. The Morgan fingerprint density at radius 2 is 1.77 bits per heavy atom. The first kappa shape index (κ1) is 26.5. The van der Waals surface area contributed by atoms with Crippen molar-refractivity contribution in [3.63, 3.8) is 0 Å². The van der Waals surface area contributed by atoms with Crippen LogP contribution in [0.1, 0.15) is 27.3 Å². The normalized spacial score (nSPS) is 11.4. The van der Waals surface area contributed by atoms with Gasteiger partial charge in [-0.15, -0.1) is 0 Å². The zero-order chi connectivity index (χ0) is 27.4. The Morgan fingerprint density at radius 1 is 0.949 bits per heavy atom. The van der Waals surface area contributed by atoms with Crippen LogP contribution in [0.5, 0.6) is 0 Å². The summed E-state index contributed by atoms with van der Waals surface area (Å²) in [6.45, 7) is 2.96. The summed E-state index contributed by atoms with van der Waals surface area (Å²) in [5.74, 6) is -0.210. The Bertz CT molecular complexity index is 1730. The molecule has 3 aromatic carbocycles. The topological polar surface area (TPSA) is 93.1 Å². The van der Waals surface area contributed by atoms with Crippen LogP contribution in [0, 0.1) is 6.92 Å². The first-order valence-electron chi connectivity index (χ1n) is 12.4. The number of carbonyl (C=O) groups is 1. The fourth-order valence-corrected chi connectivity index (χ4v) is 5.63. The highest BCUT2D eigenvalue weighted by Gasteiger charge is 2.18. The van der Waals surface area contributed by atoms with Gasteiger partial charge in [-0.1, -0.05) is 47.5 Å². The molecule has 39 heavy (non-hydrogen) atoms. The Morgan fingerprint density at radius 3 is 2.51 bits per heavy atom. The van der Waals surface area contributed by atoms with Crippen LogP contribution in [0.2, 0.25) is 5.02 Å². The molecule has 0 aliphatic heterocycles. The molecule has 2 N–H and O–H groups in total. The van der Waals surface area contributed by atoms with Gasteiger partial charge in [0.1, 0.15) is 5.69 Å². The lowest BCUT2D eigenvalue weighted by molar-refractivity contribution is 0.0945. The number of hydrogen-bond donors (Lipinski definition) is 2. The van der Waals surface area contributed by atoms with E-state index in [-0.39, 0.29) is 10.8 Å². The number of carbonyl (C=O) groups excluding carboxylic acids is 1. The maximum atomic E-state index is 13.3. The van der Waals surface area contributed by atoms with Gasteiger partial charge in [0.15, 0.2) is 0 Å². The van der Waals surface area contributed by atoms with Crippen molar-refractivity contribution in [1.29, 1.82) is 0 Å². The fraction of sp³-hybridized carbons (Fsp3) is 0.133. The van der Waals surface area contributed by atoms with Gasteiger partial charge in [0, 0.05) is 53.0 Å². The minimum absolute atomic E-state index is 0.108. The molecule has 5 aromatic rings. The van der Waals surface area contributed by atoms with Crippen LogP contribution >= 0.6 is 11.6 Å². The van der Waals surface area contributed by atoms with Gasteiger partial charge in [-0.3, -0.25) is 14.5 Å². The number of benzene rings is 3. The van der Waals surface area contributed by atoms with Gasteiger partial charge >= 0.3 is 0 Å². The Labute approximate surface area is 232 Å². The lowest BCUT2D eigenvalue weighted by Gasteiger charge is -2.13. The molecule has 0 unspecified atom stereocenters. The van der Waals surface area contributed by atoms with Crippen molar-refractivity contribution in [2.45, 2.75) is 24.8 Å². The number of pyridine rings is 1. The second kappa shape index (κ2) is 11.3. The maximum Gasteiger partial charge on any atom is 0.267 e. The van der Waals surface area contributed by atoms with Crippen molar-refractivity contribution in [2.75, 3.05) is 11.3 Å². The lowest BCUT2D eigenvalue weighted by Crippen LogP contribution is -2.28. The molecule has 1 amide bonds. The van der Waals surface area contributed by atoms with Crippen molar-refractivity contribution in [2.24, 2.45) is 0 Å². The van der Waals surface area contributed by atoms with E-state index >= 15 is 0 Å². The van der Waals surface area contributed by atoms with Gasteiger partial charge in [0.25, 0.3) is 15.9 Å². The minimum atomic E-state index is -3.81. The van der Waals surface area contributed by atoms with Gasteiger partial charge < -0.3 is 9.88 Å². The van der Waals surface area contributed by atoms with Crippen molar-refractivity contribution >= 4 is 44.1 Å². The van der Waals surface area contributed by atoms with Crippen molar-refractivity contribution in [3.05, 3.63) is 125 Å². The quantitative estimate of drug-likeness (QED) is 0.238. The summed E-state index contributed by atoms with van der Waals surface area (Å²) in [5.41, 5.74) is 4.79. The van der Waals surface area contributed by atoms with Crippen LogP contribution in [-0.4, -0.2) is 30.4 Å². The predicted octanol–water partition coefficient (Wildman–Crippen LogP) is 5.82. The summed E-state index contributed by atoms with van der Waals surface area (Å²) in [5, 5.41) is 4.20. The Hall–Kier alpha value is -4.14. The van der Waals surface area contributed by atoms with Crippen LogP contribution < -0.4 is 10.0 Å². The van der Waals surface area contributed by atoms with Gasteiger partial charge in [-0.2, -0.15) is 0 Å². The molecule has 0 radical (unpaired) electrons. The summed E-state index contributed by atoms with van der Waals surface area (Å²) >= 11 is 5.91. The number of hydrogen-bond acceptors (Lipinski definition) is 4. The average Bonchev–Trinajstić information content (AvgIpc) is 3.26. The van der Waals surface area contributed by atoms with E-state index < -0.39 is 10.0 Å². The summed E-state index contributed by atoms with van der Waals surface area (Å²) in [7, 11) is -3.81. The fourth-order valence-electron chi connectivity index (χ4n) is 4.45. The number of nitrogens with zero attached hydrogens (tertiary/aromatic N) is 2. The molecule has 0 saturated heterocycles. The molecular weight excluding hydrogens is 532 g/mol. The maximum absolute atomic E-state index is 13.3. The molecular formula is C30H27ClN4O3S. The minimum Gasteiger partial charge on any atom is -0.350 e. The number of fused-ring (bicyclic) bond motifs is 1. The van der Waals surface area contributed by atoms with Crippen molar-refractivity contribution in [1.82, 2.24) is 14.9 Å². The molecule has 2 aromatic heterocycles. The van der Waals surface area contributed by atoms with Crippen LogP contribution in [0.25, 0.3) is 10.9 Å². The molecule has 0 atom stereocenters. The number of amides is 1. The van der Waals surface area contributed by atoms with Gasteiger partial charge in [0.2, 0.25) is 0 Å². The van der Waals surface area contributed by atoms with E-state index in [1.807, 2.05) is 54.0 Å². The number of nitrogens with one attached hydrogen (secondary N) is 2. The first-order chi connectivity index (χ1) is 18.8. The largest absolute Gasteiger partial charge is 0.350 e. The number of halogens is 1. The van der Waals surface area contributed by atoms with Gasteiger partial charge in [-0.05, 0) is 73.2 Å². The molecule has 0 spiro atoms. The number of sulfonamides is 1.